The molecule has 2 aliphatic rings. The van der Waals surface area contributed by atoms with Crippen LogP contribution in [0.15, 0.2) is 0 Å². The van der Waals surface area contributed by atoms with Crippen molar-refractivity contribution < 1.29 is 14.3 Å². The number of piperazine rings is 1. The predicted molar refractivity (Wildman–Crippen MR) is 79.5 cm³/mol. The summed E-state index contributed by atoms with van der Waals surface area (Å²) < 4.78 is 4.86. The number of methoxy groups -OCH3 is 1. The van der Waals surface area contributed by atoms with E-state index < -0.39 is 0 Å². The van der Waals surface area contributed by atoms with Crippen molar-refractivity contribution in [1.82, 2.24) is 9.80 Å². The average molecular weight is 297 g/mol. The normalized spacial score (nSPS) is 26.8. The zero-order valence-corrected chi connectivity index (χ0v) is 12.9. The van der Waals surface area contributed by atoms with Crippen LogP contribution in [0.5, 0.6) is 0 Å². The molecule has 2 fully saturated rings. The van der Waals surface area contributed by atoms with Crippen LogP contribution < -0.4 is 5.73 Å². The second-order valence-electron chi connectivity index (χ2n) is 6.09. The standard InChI is InChI=1S/C15H27N3O3/c1-21-11-14(19)17-6-8-18(9-7-17)15(20)13-4-2-12(10-16)3-5-13/h12-13H,2-11,16H2,1H3. The number of rotatable bonds is 4. The van der Waals surface area contributed by atoms with Gasteiger partial charge in [-0.1, -0.05) is 0 Å². The SMILES string of the molecule is COCC(=O)N1CCN(C(=O)C2CCC(CN)CC2)CC1. The third-order valence-corrected chi connectivity index (χ3v) is 4.74. The zero-order chi connectivity index (χ0) is 15.2. The van der Waals surface area contributed by atoms with Crippen LogP contribution in [0, 0.1) is 11.8 Å². The minimum Gasteiger partial charge on any atom is -0.375 e. The molecule has 1 aliphatic carbocycles. The zero-order valence-electron chi connectivity index (χ0n) is 12.9. The van der Waals surface area contributed by atoms with Gasteiger partial charge in [0, 0.05) is 39.2 Å². The molecule has 6 nitrogen and oxygen atoms in total. The van der Waals surface area contributed by atoms with Gasteiger partial charge in [-0.3, -0.25) is 9.59 Å². The van der Waals surface area contributed by atoms with Crippen LogP contribution in [0.3, 0.4) is 0 Å². The van der Waals surface area contributed by atoms with Crippen molar-refractivity contribution in [2.24, 2.45) is 17.6 Å². The molecule has 2 rings (SSSR count). The molecule has 0 unspecified atom stereocenters. The van der Waals surface area contributed by atoms with E-state index in [-0.39, 0.29) is 24.3 Å². The number of hydrogen-bond acceptors (Lipinski definition) is 4. The van der Waals surface area contributed by atoms with Crippen molar-refractivity contribution in [1.29, 1.82) is 0 Å². The van der Waals surface area contributed by atoms with Gasteiger partial charge in [-0.25, -0.2) is 0 Å². The molecule has 1 saturated carbocycles. The molecular weight excluding hydrogens is 270 g/mol. The maximum absolute atomic E-state index is 12.5. The summed E-state index contributed by atoms with van der Waals surface area (Å²) >= 11 is 0. The maximum atomic E-state index is 12.5. The Hall–Kier alpha value is -1.14. The van der Waals surface area contributed by atoms with E-state index in [1.165, 1.54) is 7.11 Å². The number of ether oxygens (including phenoxy) is 1. The summed E-state index contributed by atoms with van der Waals surface area (Å²) in [5.74, 6) is 1.03. The van der Waals surface area contributed by atoms with Crippen molar-refractivity contribution in [3.05, 3.63) is 0 Å². The molecule has 0 atom stereocenters. The second-order valence-corrected chi connectivity index (χ2v) is 6.09. The minimum atomic E-state index is 0.00746. The molecule has 0 aromatic rings. The van der Waals surface area contributed by atoms with Gasteiger partial charge in [0.2, 0.25) is 11.8 Å². The molecule has 120 valence electrons. The van der Waals surface area contributed by atoms with Crippen LogP contribution in [0.4, 0.5) is 0 Å². The van der Waals surface area contributed by atoms with Gasteiger partial charge in [-0.15, -0.1) is 0 Å². The molecule has 1 heterocycles. The number of nitrogens with two attached hydrogens (primary N) is 1. The summed E-state index contributed by atoms with van der Waals surface area (Å²) in [4.78, 5) is 27.9. The molecule has 0 aromatic heterocycles. The van der Waals surface area contributed by atoms with Gasteiger partial charge >= 0.3 is 0 Å². The Balaban J connectivity index is 1.77. The summed E-state index contributed by atoms with van der Waals surface area (Å²) in [6.45, 7) is 3.38. The lowest BCUT2D eigenvalue weighted by Crippen LogP contribution is -2.52. The molecule has 2 N–H and O–H groups in total. The van der Waals surface area contributed by atoms with Crippen molar-refractivity contribution in [3.8, 4) is 0 Å². The van der Waals surface area contributed by atoms with Crippen LogP contribution in [0.2, 0.25) is 0 Å². The minimum absolute atomic E-state index is 0.00746. The highest BCUT2D eigenvalue weighted by molar-refractivity contribution is 5.80. The number of amides is 2. The van der Waals surface area contributed by atoms with Crippen LogP contribution in [0.25, 0.3) is 0 Å². The summed E-state index contributed by atoms with van der Waals surface area (Å²) in [6.07, 6.45) is 4.06. The number of hydrogen-bond donors (Lipinski definition) is 1. The first-order valence-electron chi connectivity index (χ1n) is 7.91. The molecule has 1 saturated heterocycles. The Morgan fingerprint density at radius 3 is 2.14 bits per heavy atom. The van der Waals surface area contributed by atoms with Crippen LogP contribution in [-0.2, 0) is 14.3 Å². The lowest BCUT2D eigenvalue weighted by molar-refractivity contribution is -0.144. The first kappa shape index (κ1) is 16.2. The molecule has 1 aliphatic heterocycles. The van der Waals surface area contributed by atoms with Crippen LogP contribution in [0.1, 0.15) is 25.7 Å². The summed E-state index contributed by atoms with van der Waals surface area (Å²) in [5, 5.41) is 0. The Kier molecular flexibility index (Phi) is 5.99. The molecule has 0 spiro atoms. The van der Waals surface area contributed by atoms with E-state index >= 15 is 0 Å². The van der Waals surface area contributed by atoms with Gasteiger partial charge in [0.05, 0.1) is 0 Å². The van der Waals surface area contributed by atoms with E-state index in [4.69, 9.17) is 10.5 Å². The van der Waals surface area contributed by atoms with Crippen LogP contribution >= 0.6 is 0 Å². The van der Waals surface area contributed by atoms with Gasteiger partial charge in [0.1, 0.15) is 6.61 Å². The Morgan fingerprint density at radius 2 is 1.62 bits per heavy atom. The molecule has 21 heavy (non-hydrogen) atoms. The number of carbonyl (C=O) groups is 2. The third-order valence-electron chi connectivity index (χ3n) is 4.74. The first-order valence-corrected chi connectivity index (χ1v) is 7.91. The lowest BCUT2D eigenvalue weighted by Gasteiger charge is -2.37. The fraction of sp³-hybridized carbons (Fsp3) is 0.867. The largest absolute Gasteiger partial charge is 0.375 e. The van der Waals surface area contributed by atoms with Gasteiger partial charge in [0.15, 0.2) is 0 Å². The summed E-state index contributed by atoms with van der Waals surface area (Å²) in [7, 11) is 1.52. The molecule has 6 heteroatoms. The van der Waals surface area contributed by atoms with Gasteiger partial charge in [-0.2, -0.15) is 0 Å². The Morgan fingerprint density at radius 1 is 1.05 bits per heavy atom. The lowest BCUT2D eigenvalue weighted by atomic mass is 9.81. The van der Waals surface area contributed by atoms with Gasteiger partial charge in [-0.05, 0) is 38.1 Å². The fourth-order valence-corrected chi connectivity index (χ4v) is 3.29. The highest BCUT2D eigenvalue weighted by atomic mass is 16.5. The van der Waals surface area contributed by atoms with E-state index in [0.29, 0.717) is 32.1 Å². The van der Waals surface area contributed by atoms with Gasteiger partial charge < -0.3 is 20.3 Å². The molecule has 0 radical (unpaired) electrons. The molecular formula is C15H27N3O3. The van der Waals surface area contributed by atoms with E-state index in [0.717, 1.165) is 32.2 Å². The predicted octanol–water partition coefficient (Wildman–Crippen LogP) is 0.0687. The Bertz CT molecular complexity index is 359. The topological polar surface area (TPSA) is 75.9 Å². The van der Waals surface area contributed by atoms with Crippen LogP contribution in [-0.4, -0.2) is 68.1 Å². The van der Waals surface area contributed by atoms with E-state index in [1.54, 1.807) is 4.90 Å². The third kappa shape index (κ3) is 4.17. The fourth-order valence-electron chi connectivity index (χ4n) is 3.29. The summed E-state index contributed by atoms with van der Waals surface area (Å²) in [5.41, 5.74) is 5.69. The molecule has 0 bridgehead atoms. The quantitative estimate of drug-likeness (QED) is 0.796. The molecule has 0 aromatic carbocycles. The van der Waals surface area contributed by atoms with Crippen molar-refractivity contribution in [2.45, 2.75) is 25.7 Å². The van der Waals surface area contributed by atoms with Crippen molar-refractivity contribution >= 4 is 11.8 Å². The van der Waals surface area contributed by atoms with E-state index in [1.807, 2.05) is 4.90 Å². The van der Waals surface area contributed by atoms with Crippen molar-refractivity contribution in [2.75, 3.05) is 46.4 Å². The number of carbonyl (C=O) groups excluding carboxylic acids is 2. The maximum Gasteiger partial charge on any atom is 0.248 e. The van der Waals surface area contributed by atoms with E-state index in [2.05, 4.69) is 0 Å². The smallest absolute Gasteiger partial charge is 0.248 e. The highest BCUT2D eigenvalue weighted by Crippen LogP contribution is 2.29. The van der Waals surface area contributed by atoms with E-state index in [9.17, 15) is 9.59 Å². The second kappa shape index (κ2) is 7.75. The molecule has 2 amide bonds. The first-order chi connectivity index (χ1) is 10.2. The highest BCUT2D eigenvalue weighted by Gasteiger charge is 2.31. The van der Waals surface area contributed by atoms with Gasteiger partial charge in [0.25, 0.3) is 0 Å². The number of nitrogens with zero attached hydrogens (tertiary/aromatic N) is 2. The Labute approximate surface area is 126 Å². The van der Waals surface area contributed by atoms with Crippen molar-refractivity contribution in [3.63, 3.8) is 0 Å². The average Bonchev–Trinajstić information content (AvgIpc) is 2.54. The monoisotopic (exact) mass is 297 g/mol. The summed E-state index contributed by atoms with van der Waals surface area (Å²) in [6, 6.07) is 0.